The summed E-state index contributed by atoms with van der Waals surface area (Å²) in [6, 6.07) is 57.3. The molecule has 0 aliphatic rings. The van der Waals surface area contributed by atoms with Gasteiger partial charge in [0.1, 0.15) is 0 Å². The van der Waals surface area contributed by atoms with E-state index in [-0.39, 0.29) is 0 Å². The number of hydrogen-bond acceptors (Lipinski definition) is 5. The van der Waals surface area contributed by atoms with Crippen LogP contribution in [0.4, 0.5) is 0 Å². The van der Waals surface area contributed by atoms with Crippen molar-refractivity contribution < 1.29 is 0 Å². The molecule has 252 valence electrons. The van der Waals surface area contributed by atoms with Crippen molar-refractivity contribution in [1.29, 1.82) is 0 Å². The van der Waals surface area contributed by atoms with Crippen LogP contribution in [-0.4, -0.2) is 24.5 Å². The summed E-state index contributed by atoms with van der Waals surface area (Å²) in [6.45, 7) is 0. The maximum atomic E-state index is 5.16. The highest BCUT2D eigenvalue weighted by Gasteiger charge is 2.23. The molecule has 0 radical (unpaired) electrons. The zero-order chi connectivity index (χ0) is 35.6. The molecule has 0 atom stereocenters. The number of benzene rings is 7. The lowest BCUT2D eigenvalue weighted by atomic mass is 9.99. The van der Waals surface area contributed by atoms with Gasteiger partial charge in [-0.1, -0.05) is 133 Å². The maximum Gasteiger partial charge on any atom is 0.164 e. The van der Waals surface area contributed by atoms with Gasteiger partial charge >= 0.3 is 0 Å². The van der Waals surface area contributed by atoms with E-state index in [0.29, 0.717) is 17.5 Å². The summed E-state index contributed by atoms with van der Waals surface area (Å²) in [5.41, 5.74) is 8.18. The molecule has 7 aromatic carbocycles. The molecule has 54 heavy (non-hydrogen) atoms. The lowest BCUT2D eigenvalue weighted by Gasteiger charge is -2.15. The SMILES string of the molecule is c1ccc(-c2cc(-c3nc(-c4ccccc4)nc(-c4ccccc4)n3)cc(-n3c4cnccc4c4c5ccccc5c5c6ccccc6sc5c43)c2)cc1. The van der Waals surface area contributed by atoms with Crippen LogP contribution in [0.15, 0.2) is 176 Å². The third kappa shape index (κ3) is 4.85. The van der Waals surface area contributed by atoms with Gasteiger partial charge in [-0.05, 0) is 52.2 Å². The van der Waals surface area contributed by atoms with Crippen molar-refractivity contribution in [2.45, 2.75) is 0 Å². The number of fused-ring (bicyclic) bond motifs is 10. The molecule has 11 rings (SSSR count). The fourth-order valence-electron chi connectivity index (χ4n) is 7.89. The van der Waals surface area contributed by atoms with Crippen LogP contribution in [-0.2, 0) is 0 Å². The second-order valence-electron chi connectivity index (χ2n) is 13.5. The molecule has 0 unspecified atom stereocenters. The van der Waals surface area contributed by atoms with Crippen LogP contribution in [0.1, 0.15) is 0 Å². The Bertz CT molecular complexity index is 3150. The smallest absolute Gasteiger partial charge is 0.164 e. The van der Waals surface area contributed by atoms with E-state index in [1.54, 1.807) is 0 Å². The lowest BCUT2D eigenvalue weighted by Crippen LogP contribution is -2.02. The molecule has 5 nitrogen and oxygen atoms in total. The molecule has 0 bridgehead atoms. The Morgan fingerprint density at radius 2 is 0.963 bits per heavy atom. The summed E-state index contributed by atoms with van der Waals surface area (Å²) in [5.74, 6) is 1.87. The Balaban J connectivity index is 1.27. The first-order valence-corrected chi connectivity index (χ1v) is 18.8. The highest BCUT2D eigenvalue weighted by molar-refractivity contribution is 7.27. The van der Waals surface area contributed by atoms with Gasteiger partial charge < -0.3 is 4.57 Å². The van der Waals surface area contributed by atoms with Crippen molar-refractivity contribution in [2.24, 2.45) is 0 Å². The Morgan fingerprint density at radius 1 is 0.426 bits per heavy atom. The molecular weight excluding hydrogens is 679 g/mol. The summed E-state index contributed by atoms with van der Waals surface area (Å²) in [6.07, 6.45) is 3.91. The van der Waals surface area contributed by atoms with E-state index in [2.05, 4.69) is 108 Å². The maximum absolute atomic E-state index is 5.16. The van der Waals surface area contributed by atoms with Crippen molar-refractivity contribution in [3.05, 3.63) is 176 Å². The number of rotatable bonds is 5. The Morgan fingerprint density at radius 3 is 1.63 bits per heavy atom. The monoisotopic (exact) mass is 707 g/mol. The molecule has 0 spiro atoms. The first-order chi connectivity index (χ1) is 26.8. The summed E-state index contributed by atoms with van der Waals surface area (Å²) in [7, 11) is 0. The summed E-state index contributed by atoms with van der Waals surface area (Å²) in [4.78, 5) is 20.0. The molecule has 4 aromatic heterocycles. The second-order valence-corrected chi connectivity index (χ2v) is 14.5. The van der Waals surface area contributed by atoms with Gasteiger partial charge in [0, 0.05) is 54.8 Å². The molecule has 6 heteroatoms. The average molecular weight is 708 g/mol. The molecule has 0 aliphatic heterocycles. The Kier molecular flexibility index (Phi) is 6.97. The Hall–Kier alpha value is -7.02. The van der Waals surface area contributed by atoms with Crippen LogP contribution >= 0.6 is 11.3 Å². The molecular formula is C48H29N5S. The minimum atomic E-state index is 0.609. The first-order valence-electron chi connectivity index (χ1n) is 18.0. The van der Waals surface area contributed by atoms with Gasteiger partial charge in [-0.25, -0.2) is 15.0 Å². The van der Waals surface area contributed by atoms with Crippen LogP contribution in [0.25, 0.3) is 104 Å². The van der Waals surface area contributed by atoms with E-state index in [0.717, 1.165) is 39.0 Å². The van der Waals surface area contributed by atoms with Gasteiger partial charge in [0.25, 0.3) is 0 Å². The highest BCUT2D eigenvalue weighted by atomic mass is 32.1. The number of hydrogen-bond donors (Lipinski definition) is 0. The fraction of sp³-hybridized carbons (Fsp3) is 0. The summed E-state index contributed by atoms with van der Waals surface area (Å²) >= 11 is 1.86. The van der Waals surface area contributed by atoms with Crippen molar-refractivity contribution in [3.8, 4) is 51.0 Å². The molecule has 0 aliphatic carbocycles. The van der Waals surface area contributed by atoms with Crippen LogP contribution in [0.2, 0.25) is 0 Å². The normalized spacial score (nSPS) is 11.7. The van der Waals surface area contributed by atoms with E-state index in [1.165, 1.54) is 47.2 Å². The van der Waals surface area contributed by atoms with E-state index >= 15 is 0 Å². The second kappa shape index (κ2) is 12.3. The van der Waals surface area contributed by atoms with Gasteiger partial charge in [-0.15, -0.1) is 11.3 Å². The van der Waals surface area contributed by atoms with Gasteiger partial charge in [0.2, 0.25) is 0 Å². The van der Waals surface area contributed by atoms with Crippen LogP contribution in [0, 0.1) is 0 Å². The lowest BCUT2D eigenvalue weighted by molar-refractivity contribution is 1.07. The average Bonchev–Trinajstić information content (AvgIpc) is 3.82. The van der Waals surface area contributed by atoms with Crippen molar-refractivity contribution >= 4 is 64.1 Å². The number of thiophene rings is 1. The van der Waals surface area contributed by atoms with Crippen molar-refractivity contribution in [3.63, 3.8) is 0 Å². The third-order valence-electron chi connectivity index (χ3n) is 10.3. The van der Waals surface area contributed by atoms with Gasteiger partial charge in [0.15, 0.2) is 17.5 Å². The van der Waals surface area contributed by atoms with Crippen LogP contribution in [0.3, 0.4) is 0 Å². The number of aromatic nitrogens is 5. The van der Waals surface area contributed by atoms with E-state index in [9.17, 15) is 0 Å². The zero-order valence-corrected chi connectivity index (χ0v) is 29.7. The summed E-state index contributed by atoms with van der Waals surface area (Å²) < 4.78 is 4.94. The fourth-order valence-corrected chi connectivity index (χ4v) is 9.15. The minimum absolute atomic E-state index is 0.609. The molecule has 0 saturated heterocycles. The molecule has 0 amide bonds. The van der Waals surface area contributed by atoms with Crippen LogP contribution in [0.5, 0.6) is 0 Å². The third-order valence-corrected chi connectivity index (χ3v) is 11.5. The molecule has 0 fully saturated rings. The predicted octanol–water partition coefficient (Wildman–Crippen LogP) is 12.6. The van der Waals surface area contributed by atoms with Gasteiger partial charge in [-0.2, -0.15) is 0 Å². The molecule has 11 aromatic rings. The topological polar surface area (TPSA) is 56.5 Å². The van der Waals surface area contributed by atoms with E-state index in [4.69, 9.17) is 19.9 Å². The number of nitrogens with zero attached hydrogens (tertiary/aromatic N) is 5. The zero-order valence-electron chi connectivity index (χ0n) is 28.9. The van der Waals surface area contributed by atoms with Crippen LogP contribution < -0.4 is 0 Å². The van der Waals surface area contributed by atoms with E-state index < -0.39 is 0 Å². The van der Waals surface area contributed by atoms with Crippen molar-refractivity contribution in [1.82, 2.24) is 24.5 Å². The highest BCUT2D eigenvalue weighted by Crippen LogP contribution is 2.48. The predicted molar refractivity (Wildman–Crippen MR) is 224 cm³/mol. The molecule has 0 N–H and O–H groups in total. The minimum Gasteiger partial charge on any atom is -0.306 e. The standard InChI is InChI=1S/C48H29N5S/c1-4-14-30(15-5-1)33-26-34(48-51-46(31-16-6-2-7-17-31)50-47(52-48)32-18-8-3-9-19-32)28-35(27-33)53-40-29-49-25-24-38(40)42-36-20-10-11-21-37(36)43-39-22-12-13-23-41(39)54-45(43)44(42)53/h1-29H. The molecule has 0 saturated carbocycles. The molecule has 4 heterocycles. The number of pyridine rings is 1. The Labute approximate surface area is 314 Å². The van der Waals surface area contributed by atoms with E-state index in [1.807, 2.05) is 84.4 Å². The largest absolute Gasteiger partial charge is 0.306 e. The van der Waals surface area contributed by atoms with Gasteiger partial charge in [-0.3, -0.25) is 4.98 Å². The summed E-state index contributed by atoms with van der Waals surface area (Å²) in [5, 5.41) is 7.45. The van der Waals surface area contributed by atoms with Crippen molar-refractivity contribution in [2.75, 3.05) is 0 Å². The first kappa shape index (κ1) is 30.6. The quantitative estimate of drug-likeness (QED) is 0.179. The van der Waals surface area contributed by atoms with Gasteiger partial charge in [0.05, 0.1) is 21.9 Å².